The summed E-state index contributed by atoms with van der Waals surface area (Å²) in [5.74, 6) is 0.204. The van der Waals surface area contributed by atoms with E-state index in [0.29, 0.717) is 22.2 Å². The molecule has 2 heterocycles. The molecule has 1 aromatic heterocycles. The third-order valence-electron chi connectivity index (χ3n) is 3.85. The molecule has 132 valence electrons. The van der Waals surface area contributed by atoms with E-state index in [-0.39, 0.29) is 5.91 Å². The summed E-state index contributed by atoms with van der Waals surface area (Å²) in [6, 6.07) is 7.07. The summed E-state index contributed by atoms with van der Waals surface area (Å²) in [4.78, 5) is 22.9. The molecule has 7 nitrogen and oxygen atoms in total. The van der Waals surface area contributed by atoms with Crippen LogP contribution >= 0.6 is 11.6 Å². The van der Waals surface area contributed by atoms with Gasteiger partial charge in [0.15, 0.2) is 0 Å². The monoisotopic (exact) mass is 361 g/mol. The first-order valence-electron chi connectivity index (χ1n) is 8.14. The molecule has 1 aromatic carbocycles. The third kappa shape index (κ3) is 5.12. The lowest BCUT2D eigenvalue weighted by Gasteiger charge is -2.26. The Morgan fingerprint density at radius 3 is 2.64 bits per heavy atom. The Morgan fingerprint density at radius 1 is 1.20 bits per heavy atom. The Kier molecular flexibility index (Phi) is 6.16. The molecule has 0 saturated carbocycles. The number of carbonyl (C=O) groups excluding carboxylic acids is 1. The predicted octanol–water partition coefficient (Wildman–Crippen LogP) is 2.13. The normalized spacial score (nSPS) is 14.9. The van der Waals surface area contributed by atoms with Crippen molar-refractivity contribution in [2.24, 2.45) is 0 Å². The van der Waals surface area contributed by atoms with Gasteiger partial charge in [-0.25, -0.2) is 9.97 Å². The molecular weight excluding hydrogens is 342 g/mol. The zero-order valence-electron chi connectivity index (χ0n) is 13.7. The summed E-state index contributed by atoms with van der Waals surface area (Å²) in [6.45, 7) is 5.11. The van der Waals surface area contributed by atoms with E-state index >= 15 is 0 Å². The summed E-state index contributed by atoms with van der Waals surface area (Å²) in [6.07, 6.45) is 2.99. The van der Waals surface area contributed by atoms with Crippen molar-refractivity contribution in [2.75, 3.05) is 50.0 Å². The quantitative estimate of drug-likeness (QED) is 0.820. The van der Waals surface area contributed by atoms with Crippen LogP contribution in [-0.4, -0.2) is 60.2 Å². The number of ether oxygens (including phenoxy) is 1. The summed E-state index contributed by atoms with van der Waals surface area (Å²) < 4.78 is 5.32. The fourth-order valence-electron chi connectivity index (χ4n) is 2.44. The van der Waals surface area contributed by atoms with Gasteiger partial charge in [0.1, 0.15) is 0 Å². The first-order valence-corrected chi connectivity index (χ1v) is 8.52. The van der Waals surface area contributed by atoms with E-state index in [0.717, 1.165) is 39.4 Å². The molecule has 3 rings (SSSR count). The fraction of sp³-hybridized carbons (Fsp3) is 0.353. The molecule has 2 N–H and O–H groups in total. The van der Waals surface area contributed by atoms with Crippen molar-refractivity contribution in [1.82, 2.24) is 14.9 Å². The van der Waals surface area contributed by atoms with Gasteiger partial charge in [-0.2, -0.15) is 0 Å². The molecule has 0 unspecified atom stereocenters. The van der Waals surface area contributed by atoms with Crippen LogP contribution in [0.1, 0.15) is 10.4 Å². The van der Waals surface area contributed by atoms with Crippen LogP contribution in [0.3, 0.4) is 0 Å². The first-order chi connectivity index (χ1) is 12.2. The second-order valence-electron chi connectivity index (χ2n) is 5.61. The number of nitrogens with one attached hydrogen (secondary N) is 2. The average molecular weight is 362 g/mol. The van der Waals surface area contributed by atoms with Crippen molar-refractivity contribution in [3.8, 4) is 0 Å². The fourth-order valence-corrected chi connectivity index (χ4v) is 2.63. The largest absolute Gasteiger partial charge is 0.379 e. The van der Waals surface area contributed by atoms with Gasteiger partial charge in [-0.15, -0.1) is 0 Å². The van der Waals surface area contributed by atoms with Crippen LogP contribution in [0.25, 0.3) is 0 Å². The number of morpholine rings is 1. The molecule has 8 heteroatoms. The maximum absolute atomic E-state index is 12.2. The minimum Gasteiger partial charge on any atom is -0.379 e. The van der Waals surface area contributed by atoms with Crippen molar-refractivity contribution >= 4 is 29.1 Å². The number of benzene rings is 1. The SMILES string of the molecule is O=C(Nc1ccccc1Cl)c1cnc(NCCN2CCOCC2)nc1. The summed E-state index contributed by atoms with van der Waals surface area (Å²) in [5, 5.41) is 6.39. The summed E-state index contributed by atoms with van der Waals surface area (Å²) in [5.41, 5.74) is 0.931. The van der Waals surface area contributed by atoms with E-state index in [4.69, 9.17) is 16.3 Å². The van der Waals surface area contributed by atoms with Crippen LogP contribution in [0.15, 0.2) is 36.7 Å². The lowest BCUT2D eigenvalue weighted by molar-refractivity contribution is 0.0398. The van der Waals surface area contributed by atoms with Crippen LogP contribution in [0.4, 0.5) is 11.6 Å². The number of anilines is 2. The zero-order valence-corrected chi connectivity index (χ0v) is 14.5. The maximum Gasteiger partial charge on any atom is 0.258 e. The molecule has 0 atom stereocenters. The number of amides is 1. The van der Waals surface area contributed by atoms with Crippen molar-refractivity contribution < 1.29 is 9.53 Å². The van der Waals surface area contributed by atoms with Crippen LogP contribution in [0, 0.1) is 0 Å². The van der Waals surface area contributed by atoms with Crippen LogP contribution in [-0.2, 0) is 4.74 Å². The molecule has 1 fully saturated rings. The van der Waals surface area contributed by atoms with Gasteiger partial charge in [0, 0.05) is 38.6 Å². The smallest absolute Gasteiger partial charge is 0.258 e. The number of rotatable bonds is 6. The standard InChI is InChI=1S/C17H20ClN5O2/c18-14-3-1-2-4-15(14)22-16(24)13-11-20-17(21-12-13)19-5-6-23-7-9-25-10-8-23/h1-4,11-12H,5-10H2,(H,22,24)(H,19,20,21). The van der Waals surface area contributed by atoms with Crippen LogP contribution in [0.2, 0.25) is 5.02 Å². The Hall–Kier alpha value is -2.22. The van der Waals surface area contributed by atoms with Gasteiger partial charge in [-0.1, -0.05) is 23.7 Å². The number of carbonyl (C=O) groups is 1. The van der Waals surface area contributed by atoms with Gasteiger partial charge in [0.25, 0.3) is 5.91 Å². The molecule has 0 radical (unpaired) electrons. The minimum absolute atomic E-state index is 0.298. The Balaban J connectivity index is 1.49. The maximum atomic E-state index is 12.2. The number of halogens is 1. The van der Waals surface area contributed by atoms with Crippen molar-refractivity contribution in [3.05, 3.63) is 47.2 Å². The lowest BCUT2D eigenvalue weighted by atomic mass is 10.3. The highest BCUT2D eigenvalue weighted by Crippen LogP contribution is 2.21. The molecule has 0 aliphatic carbocycles. The minimum atomic E-state index is -0.298. The third-order valence-corrected chi connectivity index (χ3v) is 4.18. The molecule has 1 aliphatic heterocycles. The highest BCUT2D eigenvalue weighted by Gasteiger charge is 2.11. The Labute approximate surface area is 151 Å². The van der Waals surface area contributed by atoms with Gasteiger partial charge in [0.2, 0.25) is 5.95 Å². The average Bonchev–Trinajstić information content (AvgIpc) is 2.65. The van der Waals surface area contributed by atoms with Gasteiger partial charge < -0.3 is 15.4 Å². The number of hydrogen-bond donors (Lipinski definition) is 2. The van der Waals surface area contributed by atoms with E-state index in [2.05, 4.69) is 25.5 Å². The second kappa shape index (κ2) is 8.75. The zero-order chi connectivity index (χ0) is 17.5. The molecule has 1 amide bonds. The van der Waals surface area contributed by atoms with Gasteiger partial charge in [-0.05, 0) is 12.1 Å². The predicted molar refractivity (Wildman–Crippen MR) is 97.2 cm³/mol. The van der Waals surface area contributed by atoms with E-state index < -0.39 is 0 Å². The molecule has 0 bridgehead atoms. The van der Waals surface area contributed by atoms with E-state index in [1.165, 1.54) is 12.4 Å². The lowest BCUT2D eigenvalue weighted by Crippen LogP contribution is -2.39. The molecule has 1 saturated heterocycles. The van der Waals surface area contributed by atoms with E-state index in [1.54, 1.807) is 24.3 Å². The van der Waals surface area contributed by atoms with Crippen molar-refractivity contribution in [1.29, 1.82) is 0 Å². The summed E-state index contributed by atoms with van der Waals surface area (Å²) in [7, 11) is 0. The van der Waals surface area contributed by atoms with E-state index in [1.807, 2.05) is 0 Å². The van der Waals surface area contributed by atoms with Crippen molar-refractivity contribution in [2.45, 2.75) is 0 Å². The Morgan fingerprint density at radius 2 is 1.92 bits per heavy atom. The van der Waals surface area contributed by atoms with E-state index in [9.17, 15) is 4.79 Å². The van der Waals surface area contributed by atoms with Gasteiger partial charge in [-0.3, -0.25) is 9.69 Å². The number of hydrogen-bond acceptors (Lipinski definition) is 6. The molecular formula is C17H20ClN5O2. The summed E-state index contributed by atoms with van der Waals surface area (Å²) >= 11 is 6.03. The molecule has 0 spiro atoms. The second-order valence-corrected chi connectivity index (χ2v) is 6.02. The number of aromatic nitrogens is 2. The molecule has 2 aromatic rings. The molecule has 1 aliphatic rings. The van der Waals surface area contributed by atoms with Crippen LogP contribution in [0.5, 0.6) is 0 Å². The number of para-hydroxylation sites is 1. The highest BCUT2D eigenvalue weighted by atomic mass is 35.5. The number of nitrogens with zero attached hydrogens (tertiary/aromatic N) is 3. The van der Waals surface area contributed by atoms with Gasteiger partial charge in [0.05, 0.1) is 29.5 Å². The Bertz CT molecular complexity index is 704. The first kappa shape index (κ1) is 17.6. The van der Waals surface area contributed by atoms with Crippen LogP contribution < -0.4 is 10.6 Å². The highest BCUT2D eigenvalue weighted by molar-refractivity contribution is 6.33. The molecule has 25 heavy (non-hydrogen) atoms. The topological polar surface area (TPSA) is 79.4 Å². The van der Waals surface area contributed by atoms with Gasteiger partial charge >= 0.3 is 0 Å². The van der Waals surface area contributed by atoms with Crippen molar-refractivity contribution in [3.63, 3.8) is 0 Å².